The summed E-state index contributed by atoms with van der Waals surface area (Å²) in [6.07, 6.45) is -1.54. The normalized spacial score (nSPS) is 10.6. The van der Waals surface area contributed by atoms with Gasteiger partial charge in [0, 0.05) is 37.3 Å². The number of nitrogens with two attached hydrogens (primary N) is 1. The van der Waals surface area contributed by atoms with Crippen molar-refractivity contribution in [2.45, 2.75) is 12.7 Å². The zero-order valence-corrected chi connectivity index (χ0v) is 16.9. The molecular formula is C19H17F4N7O3. The smallest absolute Gasteiger partial charge is 0.417 e. The van der Waals surface area contributed by atoms with Crippen LogP contribution in [0.25, 0.3) is 11.4 Å². The van der Waals surface area contributed by atoms with E-state index in [0.717, 1.165) is 18.3 Å². The lowest BCUT2D eigenvalue weighted by molar-refractivity contribution is -0.137. The molecule has 0 radical (unpaired) electrons. The maximum absolute atomic E-state index is 13.7. The minimum atomic E-state index is -4.63. The van der Waals surface area contributed by atoms with Crippen molar-refractivity contribution in [2.75, 3.05) is 12.4 Å². The van der Waals surface area contributed by atoms with Gasteiger partial charge in [-0.3, -0.25) is 9.97 Å². The number of anilines is 1. The van der Waals surface area contributed by atoms with Gasteiger partial charge in [-0.25, -0.2) is 23.9 Å². The minimum absolute atomic E-state index is 0.0233. The number of urea groups is 1. The minimum Gasteiger partial charge on any atom is -0.477 e. The molecule has 0 saturated heterocycles. The zero-order chi connectivity index (χ0) is 24.6. The number of hydrogen-bond acceptors (Lipinski definition) is 7. The third-order valence-electron chi connectivity index (χ3n) is 3.79. The fourth-order valence-corrected chi connectivity index (χ4v) is 2.22. The van der Waals surface area contributed by atoms with Crippen molar-refractivity contribution in [3.63, 3.8) is 0 Å². The van der Waals surface area contributed by atoms with Crippen LogP contribution < -0.4 is 16.4 Å². The Morgan fingerprint density at radius 3 is 2.45 bits per heavy atom. The van der Waals surface area contributed by atoms with Gasteiger partial charge in [0.25, 0.3) is 0 Å². The van der Waals surface area contributed by atoms with Gasteiger partial charge in [0.2, 0.25) is 0 Å². The number of carbonyl (C=O) groups is 2. The van der Waals surface area contributed by atoms with Gasteiger partial charge in [0.1, 0.15) is 11.6 Å². The Kier molecular flexibility index (Phi) is 8.14. The summed E-state index contributed by atoms with van der Waals surface area (Å²) >= 11 is 0. The van der Waals surface area contributed by atoms with Crippen molar-refractivity contribution < 1.29 is 32.3 Å². The highest BCUT2D eigenvalue weighted by atomic mass is 19.4. The molecule has 0 bridgehead atoms. The monoisotopic (exact) mass is 467 g/mol. The number of alkyl halides is 3. The predicted molar refractivity (Wildman–Crippen MR) is 107 cm³/mol. The molecule has 0 aliphatic heterocycles. The number of halogens is 4. The summed E-state index contributed by atoms with van der Waals surface area (Å²) < 4.78 is 52.3. The lowest BCUT2D eigenvalue weighted by atomic mass is 10.2. The molecule has 33 heavy (non-hydrogen) atoms. The Labute approximate surface area is 183 Å². The number of hydrogen-bond donors (Lipinski definition) is 4. The average Bonchev–Trinajstić information content (AvgIpc) is 2.78. The number of pyridine rings is 2. The zero-order valence-electron chi connectivity index (χ0n) is 16.9. The van der Waals surface area contributed by atoms with Gasteiger partial charge < -0.3 is 21.5 Å². The predicted octanol–water partition coefficient (Wildman–Crippen LogP) is 2.69. The summed E-state index contributed by atoms with van der Waals surface area (Å²) in [6.45, 7) is -0.122. The van der Waals surface area contributed by atoms with Gasteiger partial charge in [-0.05, 0) is 18.2 Å². The molecule has 5 N–H and O–H groups in total. The first-order chi connectivity index (χ1) is 15.5. The highest BCUT2D eigenvalue weighted by molar-refractivity contribution is 5.87. The van der Waals surface area contributed by atoms with Gasteiger partial charge in [0.05, 0.1) is 17.8 Å². The molecule has 0 unspecified atom stereocenters. The Morgan fingerprint density at radius 1 is 1.18 bits per heavy atom. The number of carboxylic acids is 1. The van der Waals surface area contributed by atoms with Crippen molar-refractivity contribution in [3.05, 3.63) is 65.6 Å². The molecule has 0 fully saturated rings. The first-order valence-corrected chi connectivity index (χ1v) is 8.96. The summed E-state index contributed by atoms with van der Waals surface area (Å²) in [5.74, 6) is -2.28. The van der Waals surface area contributed by atoms with Gasteiger partial charge in [-0.15, -0.1) is 0 Å². The largest absolute Gasteiger partial charge is 0.477 e. The van der Waals surface area contributed by atoms with Crippen molar-refractivity contribution in [2.24, 2.45) is 5.73 Å². The van der Waals surface area contributed by atoms with E-state index in [0.29, 0.717) is 6.20 Å². The Hall–Kier alpha value is -4.36. The summed E-state index contributed by atoms with van der Waals surface area (Å²) in [5, 5.41) is 14.1. The van der Waals surface area contributed by atoms with Crippen LogP contribution >= 0.6 is 0 Å². The third kappa shape index (κ3) is 7.37. The number of rotatable bonds is 5. The lowest BCUT2D eigenvalue weighted by Crippen LogP contribution is -2.24. The van der Waals surface area contributed by atoms with Crippen LogP contribution in [0, 0.1) is 5.82 Å². The Bertz CT molecular complexity index is 1140. The second kappa shape index (κ2) is 10.8. The van der Waals surface area contributed by atoms with E-state index < -0.39 is 35.3 Å². The van der Waals surface area contributed by atoms with Gasteiger partial charge in [-0.1, -0.05) is 0 Å². The number of nitrogens with zero attached hydrogens (tertiary/aromatic N) is 4. The molecular weight excluding hydrogens is 450 g/mol. The number of primary amides is 1. The molecule has 2 amide bonds. The first kappa shape index (κ1) is 24.9. The molecule has 3 aromatic rings. The van der Waals surface area contributed by atoms with E-state index in [2.05, 4.69) is 36.3 Å². The highest BCUT2D eigenvalue weighted by Gasteiger charge is 2.31. The van der Waals surface area contributed by atoms with E-state index in [1.165, 1.54) is 25.4 Å². The lowest BCUT2D eigenvalue weighted by Gasteiger charge is -2.10. The van der Waals surface area contributed by atoms with Crippen LogP contribution in [-0.2, 0) is 12.7 Å². The number of amides is 2. The second-order valence-electron chi connectivity index (χ2n) is 6.13. The molecule has 0 aliphatic rings. The summed E-state index contributed by atoms with van der Waals surface area (Å²) in [5.41, 5.74) is 3.00. The van der Waals surface area contributed by atoms with E-state index in [1.54, 1.807) is 0 Å². The quantitative estimate of drug-likeness (QED) is 0.417. The van der Waals surface area contributed by atoms with Crippen LogP contribution in [0.3, 0.4) is 0 Å². The molecule has 3 heterocycles. The number of carbonyl (C=O) groups excluding carboxylic acids is 1. The van der Waals surface area contributed by atoms with Gasteiger partial charge in [0.15, 0.2) is 11.5 Å². The Morgan fingerprint density at radius 2 is 1.88 bits per heavy atom. The van der Waals surface area contributed by atoms with E-state index in [9.17, 15) is 32.3 Å². The summed E-state index contributed by atoms with van der Waals surface area (Å²) in [6, 6.07) is 3.95. The fourth-order valence-electron chi connectivity index (χ4n) is 2.22. The van der Waals surface area contributed by atoms with E-state index in [-0.39, 0.29) is 29.4 Å². The standard InChI is InChI=1S/C17H11F4N5O2.C2H6N2O/c18-11-2-1-3-23-13(11)8-24-14-5-12(16(27)28)25-15(26-14)9-4-10(7-22-6-9)17(19,20)21;1-4-2(3)5/h1-7H,8H2,(H,27,28)(H,24,25,26);1H3,(H3,3,4,5). The Balaban J connectivity index is 0.000000696. The maximum Gasteiger partial charge on any atom is 0.417 e. The number of carboxylic acid groups (broad SMARTS) is 1. The topological polar surface area (TPSA) is 156 Å². The summed E-state index contributed by atoms with van der Waals surface area (Å²) in [7, 11) is 1.47. The van der Waals surface area contributed by atoms with Crippen molar-refractivity contribution >= 4 is 17.8 Å². The highest BCUT2D eigenvalue weighted by Crippen LogP contribution is 2.31. The van der Waals surface area contributed by atoms with Crippen molar-refractivity contribution in [3.8, 4) is 11.4 Å². The van der Waals surface area contributed by atoms with Crippen LogP contribution in [0.2, 0.25) is 0 Å². The molecule has 0 spiro atoms. The maximum atomic E-state index is 13.7. The van der Waals surface area contributed by atoms with Crippen LogP contribution in [0.1, 0.15) is 21.7 Å². The van der Waals surface area contributed by atoms with Crippen LogP contribution in [-0.4, -0.2) is 44.1 Å². The molecule has 174 valence electrons. The molecule has 0 atom stereocenters. The van der Waals surface area contributed by atoms with Crippen LogP contribution in [0.4, 0.5) is 28.2 Å². The van der Waals surface area contributed by atoms with E-state index in [4.69, 9.17) is 0 Å². The van der Waals surface area contributed by atoms with Gasteiger partial charge >= 0.3 is 18.2 Å². The third-order valence-corrected chi connectivity index (χ3v) is 3.79. The molecule has 3 aromatic heterocycles. The molecule has 0 aliphatic carbocycles. The number of aromatic nitrogens is 4. The van der Waals surface area contributed by atoms with Crippen molar-refractivity contribution in [1.82, 2.24) is 25.3 Å². The fraction of sp³-hybridized carbons (Fsp3) is 0.158. The van der Waals surface area contributed by atoms with Gasteiger partial charge in [-0.2, -0.15) is 13.2 Å². The average molecular weight is 467 g/mol. The van der Waals surface area contributed by atoms with E-state index in [1.807, 2.05) is 0 Å². The SMILES string of the molecule is CNC(N)=O.O=C(O)c1cc(NCc2ncccc2F)nc(-c2cncc(C(F)(F)F)c2)n1. The number of aromatic carboxylic acids is 1. The molecule has 0 saturated carbocycles. The first-order valence-electron chi connectivity index (χ1n) is 8.96. The molecule has 3 rings (SSSR count). The molecule has 14 heteroatoms. The molecule has 10 nitrogen and oxygen atoms in total. The second-order valence-corrected chi connectivity index (χ2v) is 6.13. The van der Waals surface area contributed by atoms with Crippen LogP contribution in [0.5, 0.6) is 0 Å². The number of nitrogens with one attached hydrogen (secondary N) is 2. The summed E-state index contributed by atoms with van der Waals surface area (Å²) in [4.78, 5) is 35.9. The van der Waals surface area contributed by atoms with Crippen LogP contribution in [0.15, 0.2) is 42.9 Å². The van der Waals surface area contributed by atoms with E-state index >= 15 is 0 Å². The molecule has 0 aromatic carbocycles. The van der Waals surface area contributed by atoms with Crippen molar-refractivity contribution in [1.29, 1.82) is 0 Å².